The fourth-order valence-electron chi connectivity index (χ4n) is 0.868. The molecule has 1 aromatic rings. The van der Waals surface area contributed by atoms with Gasteiger partial charge in [0.05, 0.1) is 5.56 Å². The highest BCUT2D eigenvalue weighted by molar-refractivity contribution is 5.87. The van der Waals surface area contributed by atoms with E-state index >= 15 is 0 Å². The molecule has 0 atom stereocenters. The van der Waals surface area contributed by atoms with Crippen molar-refractivity contribution in [3.63, 3.8) is 0 Å². The van der Waals surface area contributed by atoms with Crippen molar-refractivity contribution in [2.75, 3.05) is 0 Å². The van der Waals surface area contributed by atoms with E-state index in [1.807, 2.05) is 0 Å². The smallest absolute Gasteiger partial charge is 0.335 e. The Balaban J connectivity index is 0.000000288. The zero-order valence-corrected chi connectivity index (χ0v) is 8.85. The number of unbranched alkanes of at least 4 members (excludes halogenated alkanes) is 2. The fourth-order valence-corrected chi connectivity index (χ4v) is 0.868. The Labute approximate surface area is 89.7 Å². The number of carbonyl (C=O) groups is 2. The molecule has 3 nitrogen and oxygen atoms in total. The minimum atomic E-state index is -0.879. The molecule has 0 aromatic heterocycles. The highest BCUT2D eigenvalue weighted by Crippen LogP contribution is 1.96. The SMILES string of the molecule is CCCCC=O.O=C(O)c1ccccc1. The maximum absolute atomic E-state index is 10.2. The third-order valence-electron chi connectivity index (χ3n) is 1.70. The number of carboxylic acids is 1. The summed E-state index contributed by atoms with van der Waals surface area (Å²) < 4.78 is 0. The predicted molar refractivity (Wildman–Crippen MR) is 59.0 cm³/mol. The second kappa shape index (κ2) is 8.94. The van der Waals surface area contributed by atoms with Crippen molar-refractivity contribution in [2.24, 2.45) is 0 Å². The summed E-state index contributed by atoms with van der Waals surface area (Å²) >= 11 is 0. The highest BCUT2D eigenvalue weighted by atomic mass is 16.4. The molecule has 0 amide bonds. The lowest BCUT2D eigenvalue weighted by Crippen LogP contribution is -1.93. The maximum atomic E-state index is 10.2. The first kappa shape index (κ1) is 13.4. The lowest BCUT2D eigenvalue weighted by atomic mass is 10.2. The van der Waals surface area contributed by atoms with E-state index in [-0.39, 0.29) is 0 Å². The molecular formula is C12H16O3. The molecule has 0 fully saturated rings. The number of benzene rings is 1. The largest absolute Gasteiger partial charge is 0.478 e. The molecule has 82 valence electrons. The van der Waals surface area contributed by atoms with Gasteiger partial charge in [-0.2, -0.15) is 0 Å². The Morgan fingerprint density at radius 2 is 1.93 bits per heavy atom. The summed E-state index contributed by atoms with van der Waals surface area (Å²) in [6.07, 6.45) is 3.86. The van der Waals surface area contributed by atoms with Gasteiger partial charge in [-0.05, 0) is 18.6 Å². The molecule has 1 rings (SSSR count). The molecule has 1 N–H and O–H groups in total. The number of hydrogen-bond donors (Lipinski definition) is 1. The summed E-state index contributed by atoms with van der Waals surface area (Å²) in [6.45, 7) is 2.07. The van der Waals surface area contributed by atoms with Gasteiger partial charge >= 0.3 is 5.97 Å². The summed E-state index contributed by atoms with van der Waals surface area (Å²) in [5.41, 5.74) is 0.331. The van der Waals surface area contributed by atoms with Crippen LogP contribution in [0, 0.1) is 0 Å². The third-order valence-corrected chi connectivity index (χ3v) is 1.70. The molecule has 0 saturated carbocycles. The van der Waals surface area contributed by atoms with Gasteiger partial charge in [-0.15, -0.1) is 0 Å². The molecule has 15 heavy (non-hydrogen) atoms. The van der Waals surface area contributed by atoms with Gasteiger partial charge in [-0.1, -0.05) is 31.5 Å². The molecular weight excluding hydrogens is 192 g/mol. The van der Waals surface area contributed by atoms with Crippen LogP contribution in [0.5, 0.6) is 0 Å². The molecule has 0 radical (unpaired) electrons. The maximum Gasteiger partial charge on any atom is 0.335 e. The van der Waals surface area contributed by atoms with Gasteiger partial charge in [0, 0.05) is 6.42 Å². The average Bonchev–Trinajstić information content (AvgIpc) is 2.28. The van der Waals surface area contributed by atoms with Gasteiger partial charge < -0.3 is 9.90 Å². The number of rotatable bonds is 4. The van der Waals surface area contributed by atoms with Gasteiger partial charge in [-0.25, -0.2) is 4.79 Å². The summed E-state index contributed by atoms with van der Waals surface area (Å²) in [5, 5.41) is 8.38. The average molecular weight is 208 g/mol. The van der Waals surface area contributed by atoms with Crippen molar-refractivity contribution in [3.05, 3.63) is 35.9 Å². The highest BCUT2D eigenvalue weighted by Gasteiger charge is 1.96. The summed E-state index contributed by atoms with van der Waals surface area (Å²) in [5.74, 6) is -0.879. The summed E-state index contributed by atoms with van der Waals surface area (Å²) in [7, 11) is 0. The lowest BCUT2D eigenvalue weighted by Gasteiger charge is -1.88. The monoisotopic (exact) mass is 208 g/mol. The second-order valence-electron chi connectivity index (χ2n) is 2.98. The van der Waals surface area contributed by atoms with Crippen LogP contribution in [0.2, 0.25) is 0 Å². The zero-order valence-electron chi connectivity index (χ0n) is 8.85. The molecule has 0 saturated heterocycles. The normalized spacial score (nSPS) is 8.60. The van der Waals surface area contributed by atoms with Gasteiger partial charge in [0.1, 0.15) is 6.29 Å². The van der Waals surface area contributed by atoms with Crippen LogP contribution in [-0.4, -0.2) is 17.4 Å². The van der Waals surface area contributed by atoms with Gasteiger partial charge in [0.15, 0.2) is 0 Å². The Morgan fingerprint density at radius 1 is 1.33 bits per heavy atom. The lowest BCUT2D eigenvalue weighted by molar-refractivity contribution is -0.107. The number of carboxylic acid groups (broad SMARTS) is 1. The van der Waals surface area contributed by atoms with Crippen LogP contribution < -0.4 is 0 Å². The van der Waals surface area contributed by atoms with Crippen LogP contribution in [0.1, 0.15) is 36.5 Å². The quantitative estimate of drug-likeness (QED) is 0.611. The number of carbonyl (C=O) groups excluding carboxylic acids is 1. The van der Waals surface area contributed by atoms with Crippen molar-refractivity contribution in [2.45, 2.75) is 26.2 Å². The molecule has 3 heteroatoms. The number of aromatic carboxylic acids is 1. The standard InChI is InChI=1S/C7H6O2.C5H10O/c8-7(9)6-4-2-1-3-5-6;1-2-3-4-5-6/h1-5H,(H,8,9);5H,2-4H2,1H3. The third kappa shape index (κ3) is 7.43. The minimum Gasteiger partial charge on any atom is -0.478 e. The number of aldehydes is 1. The van der Waals surface area contributed by atoms with Crippen molar-refractivity contribution in [3.8, 4) is 0 Å². The molecule has 0 heterocycles. The first-order valence-electron chi connectivity index (χ1n) is 4.94. The topological polar surface area (TPSA) is 54.4 Å². The van der Waals surface area contributed by atoms with E-state index in [9.17, 15) is 9.59 Å². The number of hydrogen-bond acceptors (Lipinski definition) is 2. The van der Waals surface area contributed by atoms with E-state index in [0.717, 1.165) is 25.5 Å². The molecule has 0 aliphatic carbocycles. The van der Waals surface area contributed by atoms with E-state index in [1.54, 1.807) is 30.3 Å². The zero-order chi connectivity index (χ0) is 11.5. The Kier molecular flexibility index (Phi) is 7.96. The van der Waals surface area contributed by atoms with Crippen molar-refractivity contribution < 1.29 is 14.7 Å². The summed E-state index contributed by atoms with van der Waals surface area (Å²) in [4.78, 5) is 19.8. The molecule has 1 aromatic carbocycles. The van der Waals surface area contributed by atoms with Crippen molar-refractivity contribution >= 4 is 12.3 Å². The Morgan fingerprint density at radius 3 is 2.20 bits per heavy atom. The minimum absolute atomic E-state index is 0.331. The Hall–Kier alpha value is -1.64. The predicted octanol–water partition coefficient (Wildman–Crippen LogP) is 2.76. The molecule has 0 bridgehead atoms. The summed E-state index contributed by atoms with van der Waals surface area (Å²) in [6, 6.07) is 8.30. The first-order chi connectivity index (χ1) is 7.22. The van der Waals surface area contributed by atoms with Crippen LogP contribution in [0.25, 0.3) is 0 Å². The molecule has 0 spiro atoms. The Bertz CT molecular complexity index is 280. The van der Waals surface area contributed by atoms with Crippen LogP contribution in [0.15, 0.2) is 30.3 Å². The van der Waals surface area contributed by atoms with Crippen LogP contribution in [0.4, 0.5) is 0 Å². The van der Waals surface area contributed by atoms with Crippen LogP contribution in [0.3, 0.4) is 0 Å². The van der Waals surface area contributed by atoms with Gasteiger partial charge in [-0.3, -0.25) is 0 Å². The van der Waals surface area contributed by atoms with E-state index in [4.69, 9.17) is 5.11 Å². The fraction of sp³-hybridized carbons (Fsp3) is 0.333. The van der Waals surface area contributed by atoms with Gasteiger partial charge in [0.2, 0.25) is 0 Å². The first-order valence-corrected chi connectivity index (χ1v) is 4.94. The van der Waals surface area contributed by atoms with E-state index in [0.29, 0.717) is 5.56 Å². The van der Waals surface area contributed by atoms with E-state index in [1.165, 1.54) is 0 Å². The van der Waals surface area contributed by atoms with Crippen molar-refractivity contribution in [1.29, 1.82) is 0 Å². The second-order valence-corrected chi connectivity index (χ2v) is 2.98. The molecule has 0 aliphatic heterocycles. The van der Waals surface area contributed by atoms with Crippen LogP contribution in [-0.2, 0) is 4.79 Å². The van der Waals surface area contributed by atoms with E-state index in [2.05, 4.69) is 6.92 Å². The van der Waals surface area contributed by atoms with Crippen LogP contribution >= 0.6 is 0 Å². The van der Waals surface area contributed by atoms with Gasteiger partial charge in [0.25, 0.3) is 0 Å². The molecule has 0 unspecified atom stereocenters. The molecule has 0 aliphatic rings. The van der Waals surface area contributed by atoms with E-state index < -0.39 is 5.97 Å². The van der Waals surface area contributed by atoms with Crippen molar-refractivity contribution in [1.82, 2.24) is 0 Å².